The van der Waals surface area contributed by atoms with Gasteiger partial charge in [0, 0.05) is 25.1 Å². The minimum Gasteiger partial charge on any atom is -0.468 e. The van der Waals surface area contributed by atoms with Crippen LogP contribution in [0.1, 0.15) is 5.56 Å². The molecule has 4 nitrogen and oxygen atoms in total. The first-order valence-electron chi connectivity index (χ1n) is 5.74. The lowest BCUT2D eigenvalue weighted by Crippen LogP contribution is -2.18. The monoisotopic (exact) mass is 269 g/mol. The Bertz CT molecular complexity index is 354. The van der Waals surface area contributed by atoms with Crippen molar-refractivity contribution >= 4 is 17.7 Å². The Morgan fingerprint density at radius 1 is 1.28 bits per heavy atom. The molecule has 0 aromatic heterocycles. The van der Waals surface area contributed by atoms with E-state index < -0.39 is 0 Å². The van der Waals surface area contributed by atoms with Crippen LogP contribution < -0.4 is 5.32 Å². The fraction of sp³-hybridized carbons (Fsp3) is 0.462. The smallest absolute Gasteiger partial charge is 0.315 e. The molecule has 0 unspecified atom stereocenters. The third kappa shape index (κ3) is 6.05. The SMILES string of the molecule is COCCNCc1ccc(SCC(=O)OC)cc1. The van der Waals surface area contributed by atoms with E-state index in [0.29, 0.717) is 12.4 Å². The molecule has 100 valence electrons. The number of ether oxygens (including phenoxy) is 2. The standard InChI is InChI=1S/C13H19NO3S/c1-16-8-7-14-9-11-3-5-12(6-4-11)18-10-13(15)17-2/h3-6,14H,7-10H2,1-2H3. The number of esters is 1. The molecule has 1 aromatic rings. The zero-order valence-corrected chi connectivity index (χ0v) is 11.6. The van der Waals surface area contributed by atoms with Gasteiger partial charge in [0.25, 0.3) is 0 Å². The number of carbonyl (C=O) groups excluding carboxylic acids is 1. The summed E-state index contributed by atoms with van der Waals surface area (Å²) in [5.41, 5.74) is 1.22. The number of hydrogen-bond acceptors (Lipinski definition) is 5. The van der Waals surface area contributed by atoms with E-state index in [1.807, 2.05) is 12.1 Å². The lowest BCUT2D eigenvalue weighted by atomic mass is 10.2. The molecule has 0 saturated carbocycles. The molecule has 18 heavy (non-hydrogen) atoms. The van der Waals surface area contributed by atoms with Gasteiger partial charge in [-0.05, 0) is 17.7 Å². The van der Waals surface area contributed by atoms with Gasteiger partial charge in [0.1, 0.15) is 0 Å². The maximum atomic E-state index is 11.0. The summed E-state index contributed by atoms with van der Waals surface area (Å²) in [5, 5.41) is 3.28. The molecule has 0 fully saturated rings. The van der Waals surface area contributed by atoms with Crippen LogP contribution in [0.25, 0.3) is 0 Å². The van der Waals surface area contributed by atoms with Crippen LogP contribution in [0, 0.1) is 0 Å². The highest BCUT2D eigenvalue weighted by Gasteiger charge is 2.01. The second-order valence-electron chi connectivity index (χ2n) is 3.68. The van der Waals surface area contributed by atoms with Crippen molar-refractivity contribution in [2.45, 2.75) is 11.4 Å². The van der Waals surface area contributed by atoms with Crippen LogP contribution in [-0.2, 0) is 20.8 Å². The molecule has 0 spiro atoms. The maximum Gasteiger partial charge on any atom is 0.315 e. The topological polar surface area (TPSA) is 47.6 Å². The van der Waals surface area contributed by atoms with Crippen molar-refractivity contribution in [3.8, 4) is 0 Å². The summed E-state index contributed by atoms with van der Waals surface area (Å²) in [6.45, 7) is 2.38. The van der Waals surface area contributed by atoms with E-state index in [2.05, 4.69) is 22.2 Å². The Morgan fingerprint density at radius 3 is 2.61 bits per heavy atom. The molecular formula is C13H19NO3S. The van der Waals surface area contributed by atoms with Gasteiger partial charge in [-0.1, -0.05) is 12.1 Å². The highest BCUT2D eigenvalue weighted by atomic mass is 32.2. The van der Waals surface area contributed by atoms with Gasteiger partial charge >= 0.3 is 5.97 Å². The van der Waals surface area contributed by atoms with Gasteiger partial charge in [-0.2, -0.15) is 0 Å². The van der Waals surface area contributed by atoms with Crippen LogP contribution in [0.5, 0.6) is 0 Å². The molecule has 1 N–H and O–H groups in total. The first-order valence-corrected chi connectivity index (χ1v) is 6.73. The van der Waals surface area contributed by atoms with E-state index in [4.69, 9.17) is 4.74 Å². The second kappa shape index (κ2) is 8.97. The Kier molecular flexibility index (Phi) is 7.48. The highest BCUT2D eigenvalue weighted by molar-refractivity contribution is 8.00. The van der Waals surface area contributed by atoms with Gasteiger partial charge in [0.05, 0.1) is 19.5 Å². The van der Waals surface area contributed by atoms with Crippen LogP contribution in [-0.4, -0.2) is 39.1 Å². The van der Waals surface area contributed by atoms with Gasteiger partial charge in [0.15, 0.2) is 0 Å². The fourth-order valence-electron chi connectivity index (χ4n) is 1.31. The number of methoxy groups -OCH3 is 2. The zero-order valence-electron chi connectivity index (χ0n) is 10.8. The number of thioether (sulfide) groups is 1. The molecule has 0 atom stereocenters. The average molecular weight is 269 g/mol. The summed E-state index contributed by atoms with van der Waals surface area (Å²) in [6.07, 6.45) is 0. The van der Waals surface area contributed by atoms with Crippen molar-refractivity contribution in [1.29, 1.82) is 0 Å². The van der Waals surface area contributed by atoms with Crippen molar-refractivity contribution in [3.63, 3.8) is 0 Å². The van der Waals surface area contributed by atoms with E-state index >= 15 is 0 Å². The van der Waals surface area contributed by atoms with Crippen molar-refractivity contribution < 1.29 is 14.3 Å². The molecular weight excluding hydrogens is 250 g/mol. The van der Waals surface area contributed by atoms with Crippen molar-refractivity contribution in [2.75, 3.05) is 33.1 Å². The number of benzene rings is 1. The number of nitrogens with one attached hydrogen (secondary N) is 1. The highest BCUT2D eigenvalue weighted by Crippen LogP contribution is 2.18. The van der Waals surface area contributed by atoms with E-state index in [9.17, 15) is 4.79 Å². The third-order valence-corrected chi connectivity index (χ3v) is 3.31. The quantitative estimate of drug-likeness (QED) is 0.442. The molecule has 1 rings (SSSR count). The largest absolute Gasteiger partial charge is 0.468 e. The maximum absolute atomic E-state index is 11.0. The number of carbonyl (C=O) groups is 1. The van der Waals surface area contributed by atoms with Gasteiger partial charge < -0.3 is 14.8 Å². The Hall–Kier alpha value is -1.04. The lowest BCUT2D eigenvalue weighted by Gasteiger charge is -2.05. The molecule has 0 bridgehead atoms. The van der Waals surface area contributed by atoms with Crippen molar-refractivity contribution in [3.05, 3.63) is 29.8 Å². The summed E-state index contributed by atoms with van der Waals surface area (Å²) in [4.78, 5) is 12.1. The molecule has 0 aliphatic heterocycles. The van der Waals surface area contributed by atoms with Crippen LogP contribution in [0.15, 0.2) is 29.2 Å². The van der Waals surface area contributed by atoms with Crippen LogP contribution in [0.3, 0.4) is 0 Å². The Labute approximate surface area is 112 Å². The fourth-order valence-corrected chi connectivity index (χ4v) is 2.04. The first kappa shape index (κ1) is 15.0. The van der Waals surface area contributed by atoms with Crippen LogP contribution in [0.4, 0.5) is 0 Å². The lowest BCUT2D eigenvalue weighted by molar-refractivity contribution is -0.137. The summed E-state index contributed by atoms with van der Waals surface area (Å²) in [5.74, 6) is 0.146. The summed E-state index contributed by atoms with van der Waals surface area (Å²) in [6, 6.07) is 8.14. The molecule has 0 heterocycles. The van der Waals surface area contributed by atoms with Crippen molar-refractivity contribution in [1.82, 2.24) is 5.32 Å². The second-order valence-corrected chi connectivity index (χ2v) is 4.73. The van der Waals surface area contributed by atoms with E-state index in [0.717, 1.165) is 18.0 Å². The van der Waals surface area contributed by atoms with Gasteiger partial charge in [0.2, 0.25) is 0 Å². The normalized spacial score (nSPS) is 10.3. The minimum atomic E-state index is -0.203. The first-order chi connectivity index (χ1) is 8.76. The Balaban J connectivity index is 2.31. The van der Waals surface area contributed by atoms with Gasteiger partial charge in [-0.25, -0.2) is 0 Å². The van der Waals surface area contributed by atoms with Crippen LogP contribution >= 0.6 is 11.8 Å². The zero-order chi connectivity index (χ0) is 13.2. The number of hydrogen-bond donors (Lipinski definition) is 1. The molecule has 0 aliphatic rings. The third-order valence-electron chi connectivity index (χ3n) is 2.32. The van der Waals surface area contributed by atoms with Crippen molar-refractivity contribution in [2.24, 2.45) is 0 Å². The summed E-state index contributed by atoms with van der Waals surface area (Å²) >= 11 is 1.48. The molecule has 0 radical (unpaired) electrons. The van der Waals surface area contributed by atoms with Gasteiger partial charge in [-0.3, -0.25) is 4.79 Å². The Morgan fingerprint density at radius 2 is 2.00 bits per heavy atom. The minimum absolute atomic E-state index is 0.203. The van der Waals surface area contributed by atoms with E-state index in [1.54, 1.807) is 7.11 Å². The predicted octanol–water partition coefficient (Wildman–Crippen LogP) is 1.69. The molecule has 5 heteroatoms. The molecule has 0 amide bonds. The van der Waals surface area contributed by atoms with E-state index in [-0.39, 0.29) is 5.97 Å². The molecule has 0 saturated heterocycles. The number of rotatable bonds is 8. The average Bonchev–Trinajstić information content (AvgIpc) is 2.42. The van der Waals surface area contributed by atoms with Gasteiger partial charge in [-0.15, -0.1) is 11.8 Å². The summed E-state index contributed by atoms with van der Waals surface area (Å²) < 4.78 is 9.54. The summed E-state index contributed by atoms with van der Waals surface area (Å²) in [7, 11) is 3.09. The van der Waals surface area contributed by atoms with E-state index in [1.165, 1.54) is 24.4 Å². The predicted molar refractivity (Wildman–Crippen MR) is 72.8 cm³/mol. The molecule has 0 aliphatic carbocycles. The van der Waals surface area contributed by atoms with Crippen LogP contribution in [0.2, 0.25) is 0 Å². The molecule has 1 aromatic carbocycles.